The zero-order valence-electron chi connectivity index (χ0n) is 17.4. The van der Waals surface area contributed by atoms with Gasteiger partial charge in [-0.2, -0.15) is 0 Å². The van der Waals surface area contributed by atoms with E-state index in [-0.39, 0.29) is 12.6 Å². The van der Waals surface area contributed by atoms with Crippen LogP contribution in [0.4, 0.5) is 4.79 Å². The van der Waals surface area contributed by atoms with Gasteiger partial charge in [0.1, 0.15) is 5.75 Å². The maximum absolute atomic E-state index is 12.9. The van der Waals surface area contributed by atoms with Crippen molar-refractivity contribution < 1.29 is 19.1 Å². The van der Waals surface area contributed by atoms with Crippen LogP contribution in [0, 0.1) is 0 Å². The topological polar surface area (TPSA) is 83.1 Å². The van der Waals surface area contributed by atoms with Gasteiger partial charge >= 0.3 is 12.0 Å². The van der Waals surface area contributed by atoms with E-state index in [4.69, 9.17) is 9.47 Å². The molecule has 1 aromatic carbocycles. The molecule has 3 rings (SSSR count). The summed E-state index contributed by atoms with van der Waals surface area (Å²) < 4.78 is 10.8. The molecule has 0 spiro atoms. The van der Waals surface area contributed by atoms with E-state index in [9.17, 15) is 9.59 Å². The van der Waals surface area contributed by atoms with Crippen molar-refractivity contribution in [3.05, 3.63) is 41.1 Å². The molecule has 0 aliphatic carbocycles. The summed E-state index contributed by atoms with van der Waals surface area (Å²) in [6.07, 6.45) is 1.04. The number of likely N-dealkylation sites (N-methyl/N-ethyl adjacent to an activating group) is 1. The fourth-order valence-electron chi connectivity index (χ4n) is 3.81. The zero-order chi connectivity index (χ0) is 20.8. The van der Waals surface area contributed by atoms with E-state index in [0.717, 1.165) is 38.2 Å². The van der Waals surface area contributed by atoms with Gasteiger partial charge in [0.15, 0.2) is 0 Å². The number of esters is 1. The fourth-order valence-corrected chi connectivity index (χ4v) is 3.81. The minimum atomic E-state index is -0.636. The van der Waals surface area contributed by atoms with Crippen LogP contribution in [-0.2, 0) is 9.53 Å². The molecule has 0 radical (unpaired) electrons. The van der Waals surface area contributed by atoms with Crippen LogP contribution in [0.25, 0.3) is 0 Å². The van der Waals surface area contributed by atoms with Gasteiger partial charge in [-0.05, 0) is 39.5 Å². The van der Waals surface area contributed by atoms with Gasteiger partial charge in [-0.3, -0.25) is 4.90 Å². The first-order chi connectivity index (χ1) is 14.0. The van der Waals surface area contributed by atoms with Gasteiger partial charge in [0.2, 0.25) is 0 Å². The SMILES string of the molecule is CCOC(=O)C1=C(CN2CCCN(C)CC2)NC(=O)NC1c1ccccc1OC. The van der Waals surface area contributed by atoms with Crippen LogP contribution >= 0.6 is 0 Å². The highest BCUT2D eigenvalue weighted by molar-refractivity contribution is 5.95. The smallest absolute Gasteiger partial charge is 0.338 e. The average Bonchev–Trinajstić information content (AvgIpc) is 2.91. The van der Waals surface area contributed by atoms with Gasteiger partial charge < -0.3 is 25.0 Å². The van der Waals surface area contributed by atoms with E-state index in [1.807, 2.05) is 24.3 Å². The number of para-hydroxylation sites is 1. The molecule has 0 saturated carbocycles. The van der Waals surface area contributed by atoms with Gasteiger partial charge in [0.05, 0.1) is 25.3 Å². The third-order valence-corrected chi connectivity index (χ3v) is 5.29. The van der Waals surface area contributed by atoms with Crippen LogP contribution in [0.3, 0.4) is 0 Å². The van der Waals surface area contributed by atoms with E-state index >= 15 is 0 Å². The number of benzene rings is 1. The summed E-state index contributed by atoms with van der Waals surface area (Å²) >= 11 is 0. The molecule has 1 aromatic rings. The number of nitrogens with one attached hydrogen (secondary N) is 2. The first-order valence-corrected chi connectivity index (χ1v) is 10.0. The minimum Gasteiger partial charge on any atom is -0.496 e. The highest BCUT2D eigenvalue weighted by Gasteiger charge is 2.35. The third-order valence-electron chi connectivity index (χ3n) is 5.29. The Morgan fingerprint density at radius 2 is 2.00 bits per heavy atom. The van der Waals surface area contributed by atoms with Crippen molar-refractivity contribution in [1.82, 2.24) is 20.4 Å². The molecule has 158 valence electrons. The number of hydrogen-bond acceptors (Lipinski definition) is 6. The number of hydrogen-bond donors (Lipinski definition) is 2. The van der Waals surface area contributed by atoms with Crippen molar-refractivity contribution in [3.8, 4) is 5.75 Å². The standard InChI is InChI=1S/C21H30N4O4/c1-4-29-20(26)18-16(14-25-11-7-10-24(2)12-13-25)22-21(27)23-19(18)15-8-5-6-9-17(15)28-3/h5-6,8-9,19H,4,7,10-14H2,1-3H3,(H2,22,23,27). The van der Waals surface area contributed by atoms with Gasteiger partial charge in [-0.25, -0.2) is 9.59 Å². The quantitative estimate of drug-likeness (QED) is 0.702. The first kappa shape index (κ1) is 21.1. The summed E-state index contributed by atoms with van der Waals surface area (Å²) in [6.45, 7) is 6.29. The second-order valence-electron chi connectivity index (χ2n) is 7.32. The van der Waals surface area contributed by atoms with Crippen molar-refractivity contribution in [2.75, 3.05) is 53.5 Å². The van der Waals surface area contributed by atoms with Crippen molar-refractivity contribution in [2.24, 2.45) is 0 Å². The Morgan fingerprint density at radius 1 is 1.21 bits per heavy atom. The highest BCUT2D eigenvalue weighted by atomic mass is 16.5. The van der Waals surface area contributed by atoms with Gasteiger partial charge in [0, 0.05) is 30.9 Å². The van der Waals surface area contributed by atoms with Crippen LogP contribution < -0.4 is 15.4 Å². The molecule has 2 N–H and O–H groups in total. The largest absolute Gasteiger partial charge is 0.496 e. The molecule has 2 aliphatic rings. The number of ether oxygens (including phenoxy) is 2. The summed E-state index contributed by atoms with van der Waals surface area (Å²) in [6, 6.07) is 6.41. The maximum atomic E-state index is 12.9. The lowest BCUT2D eigenvalue weighted by Gasteiger charge is -2.32. The summed E-state index contributed by atoms with van der Waals surface area (Å²) in [5, 5.41) is 5.72. The number of rotatable bonds is 6. The van der Waals surface area contributed by atoms with Crippen LogP contribution in [0.5, 0.6) is 5.75 Å². The van der Waals surface area contributed by atoms with E-state index in [2.05, 4.69) is 27.5 Å². The number of nitrogens with zero attached hydrogens (tertiary/aromatic N) is 2. The van der Waals surface area contributed by atoms with E-state index in [0.29, 0.717) is 23.6 Å². The monoisotopic (exact) mass is 402 g/mol. The van der Waals surface area contributed by atoms with E-state index < -0.39 is 12.0 Å². The van der Waals surface area contributed by atoms with Crippen LogP contribution in [0.2, 0.25) is 0 Å². The summed E-state index contributed by atoms with van der Waals surface area (Å²) in [5.41, 5.74) is 1.74. The molecule has 8 heteroatoms. The van der Waals surface area contributed by atoms with Crippen molar-refractivity contribution >= 4 is 12.0 Å². The molecular formula is C21H30N4O4. The summed E-state index contributed by atoms with van der Waals surface area (Å²) in [4.78, 5) is 29.9. The number of urea groups is 1. The maximum Gasteiger partial charge on any atom is 0.338 e. The van der Waals surface area contributed by atoms with E-state index in [1.165, 1.54) is 0 Å². The van der Waals surface area contributed by atoms with Crippen molar-refractivity contribution in [1.29, 1.82) is 0 Å². The van der Waals surface area contributed by atoms with Crippen LogP contribution in [0.15, 0.2) is 35.5 Å². The third kappa shape index (κ3) is 5.07. The molecular weight excluding hydrogens is 372 g/mol. The summed E-state index contributed by atoms with van der Waals surface area (Å²) in [5.74, 6) is 0.176. The van der Waals surface area contributed by atoms with Gasteiger partial charge in [-0.1, -0.05) is 18.2 Å². The van der Waals surface area contributed by atoms with Gasteiger partial charge in [0.25, 0.3) is 0 Å². The average molecular weight is 402 g/mol. The molecule has 1 atom stereocenters. The molecule has 1 fully saturated rings. The minimum absolute atomic E-state index is 0.261. The van der Waals surface area contributed by atoms with Crippen LogP contribution in [0.1, 0.15) is 24.9 Å². The molecule has 1 unspecified atom stereocenters. The lowest BCUT2D eigenvalue weighted by molar-refractivity contribution is -0.139. The molecule has 29 heavy (non-hydrogen) atoms. The van der Waals surface area contributed by atoms with E-state index in [1.54, 1.807) is 14.0 Å². The number of amides is 2. The Bertz CT molecular complexity index is 780. The lowest BCUT2D eigenvalue weighted by Crippen LogP contribution is -2.48. The predicted octanol–water partition coefficient (Wildman–Crippen LogP) is 1.50. The molecule has 0 aromatic heterocycles. The molecule has 1 saturated heterocycles. The Kier molecular flexibility index (Phi) is 7.11. The number of carbonyl (C=O) groups excluding carboxylic acids is 2. The summed E-state index contributed by atoms with van der Waals surface area (Å²) in [7, 11) is 3.68. The van der Waals surface area contributed by atoms with Gasteiger partial charge in [-0.15, -0.1) is 0 Å². The molecule has 2 heterocycles. The Labute approximate surface area is 171 Å². The molecule has 2 aliphatic heterocycles. The highest BCUT2D eigenvalue weighted by Crippen LogP contribution is 2.33. The second kappa shape index (κ2) is 9.76. The van der Waals surface area contributed by atoms with Crippen molar-refractivity contribution in [3.63, 3.8) is 0 Å². The Balaban J connectivity index is 1.99. The Hall–Kier alpha value is -2.58. The Morgan fingerprint density at radius 3 is 2.76 bits per heavy atom. The number of carbonyl (C=O) groups is 2. The molecule has 8 nitrogen and oxygen atoms in total. The molecule has 0 bridgehead atoms. The lowest BCUT2D eigenvalue weighted by atomic mass is 9.94. The molecule has 2 amide bonds. The first-order valence-electron chi connectivity index (χ1n) is 10.0. The normalized spacial score (nSPS) is 21.2. The second-order valence-corrected chi connectivity index (χ2v) is 7.32. The number of methoxy groups -OCH3 is 1. The predicted molar refractivity (Wildman–Crippen MR) is 110 cm³/mol. The van der Waals surface area contributed by atoms with Crippen LogP contribution in [-0.4, -0.2) is 75.3 Å². The zero-order valence-corrected chi connectivity index (χ0v) is 17.4. The fraction of sp³-hybridized carbons (Fsp3) is 0.524. The van der Waals surface area contributed by atoms with Crippen molar-refractivity contribution in [2.45, 2.75) is 19.4 Å².